The molecule has 1 atom stereocenters. The molecular weight excluding hydrogens is 160 g/mol. The maximum Gasteiger partial charge on any atom is 0.206 e. The number of hydrogen-bond acceptors (Lipinski definition) is 2. The number of benzene rings is 1. The van der Waals surface area contributed by atoms with Crippen molar-refractivity contribution in [2.75, 3.05) is 5.75 Å². The summed E-state index contributed by atoms with van der Waals surface area (Å²) in [6, 6.07) is 9.16. The average molecular weight is 170 g/mol. The molecule has 0 spiro atoms. The van der Waals surface area contributed by atoms with E-state index in [4.69, 9.17) is 4.18 Å². The summed E-state index contributed by atoms with van der Waals surface area (Å²) in [6.45, 7) is 1.82. The fraction of sp³-hybridized carbons (Fsp3) is 0.250. The lowest BCUT2D eigenvalue weighted by Crippen LogP contribution is -2.01. The molecule has 3 heteroatoms. The molecular formula is C8H10O2S. The Labute approximate surface area is 68.9 Å². The van der Waals surface area contributed by atoms with Crippen molar-refractivity contribution in [2.24, 2.45) is 0 Å². The monoisotopic (exact) mass is 170 g/mol. The van der Waals surface area contributed by atoms with Crippen LogP contribution in [-0.2, 0) is 11.1 Å². The first-order chi connectivity index (χ1) is 5.33. The van der Waals surface area contributed by atoms with Crippen LogP contribution in [0.25, 0.3) is 0 Å². The van der Waals surface area contributed by atoms with E-state index in [1.165, 1.54) is 0 Å². The minimum atomic E-state index is -1.18. The normalized spacial score (nSPS) is 12.5. The van der Waals surface area contributed by atoms with Crippen LogP contribution in [0, 0.1) is 0 Å². The van der Waals surface area contributed by atoms with Crippen molar-refractivity contribution in [3.63, 3.8) is 0 Å². The zero-order valence-corrected chi connectivity index (χ0v) is 7.14. The standard InChI is InChI=1S/C8H10O2S/c1-2-11(9)10-8-6-4-3-5-7-8/h3-7H,2H2,1H3. The van der Waals surface area contributed by atoms with E-state index in [1.807, 2.05) is 25.1 Å². The molecule has 0 aromatic heterocycles. The van der Waals surface area contributed by atoms with Gasteiger partial charge in [-0.1, -0.05) is 25.1 Å². The molecule has 1 aromatic carbocycles. The molecule has 1 aromatic rings. The van der Waals surface area contributed by atoms with Gasteiger partial charge in [0.1, 0.15) is 5.75 Å². The van der Waals surface area contributed by atoms with Crippen molar-refractivity contribution in [1.29, 1.82) is 0 Å². The van der Waals surface area contributed by atoms with Crippen LogP contribution >= 0.6 is 0 Å². The Bertz CT molecular complexity index is 233. The zero-order valence-electron chi connectivity index (χ0n) is 6.32. The predicted molar refractivity (Wildman–Crippen MR) is 45.8 cm³/mol. The van der Waals surface area contributed by atoms with Gasteiger partial charge in [-0.25, -0.2) is 4.21 Å². The Morgan fingerprint density at radius 3 is 2.55 bits per heavy atom. The van der Waals surface area contributed by atoms with E-state index >= 15 is 0 Å². The van der Waals surface area contributed by atoms with Gasteiger partial charge < -0.3 is 4.18 Å². The molecule has 0 saturated carbocycles. The molecule has 0 aliphatic carbocycles. The van der Waals surface area contributed by atoms with Crippen LogP contribution < -0.4 is 4.18 Å². The maximum absolute atomic E-state index is 10.9. The van der Waals surface area contributed by atoms with E-state index in [1.54, 1.807) is 12.1 Å². The van der Waals surface area contributed by atoms with Crippen LogP contribution in [0.2, 0.25) is 0 Å². The largest absolute Gasteiger partial charge is 0.401 e. The highest BCUT2D eigenvalue weighted by atomic mass is 32.2. The second kappa shape index (κ2) is 4.13. The summed E-state index contributed by atoms with van der Waals surface area (Å²) in [4.78, 5) is 0. The van der Waals surface area contributed by atoms with E-state index < -0.39 is 11.1 Å². The van der Waals surface area contributed by atoms with Crippen molar-refractivity contribution < 1.29 is 8.39 Å². The van der Waals surface area contributed by atoms with Crippen molar-refractivity contribution in [1.82, 2.24) is 0 Å². The first-order valence-corrected chi connectivity index (χ1v) is 4.69. The molecule has 0 amide bonds. The SMILES string of the molecule is CCS(=O)Oc1ccccc1. The first-order valence-electron chi connectivity index (χ1n) is 3.44. The number of rotatable bonds is 3. The van der Waals surface area contributed by atoms with E-state index in [2.05, 4.69) is 0 Å². The topological polar surface area (TPSA) is 26.3 Å². The molecule has 0 bridgehead atoms. The Morgan fingerprint density at radius 2 is 2.00 bits per heavy atom. The minimum Gasteiger partial charge on any atom is -0.401 e. The first kappa shape index (κ1) is 8.27. The van der Waals surface area contributed by atoms with Crippen LogP contribution in [0.15, 0.2) is 30.3 Å². The molecule has 0 fully saturated rings. The van der Waals surface area contributed by atoms with E-state index in [0.29, 0.717) is 11.5 Å². The van der Waals surface area contributed by atoms with Crippen LogP contribution in [0.4, 0.5) is 0 Å². The lowest BCUT2D eigenvalue weighted by atomic mass is 10.3. The molecule has 60 valence electrons. The van der Waals surface area contributed by atoms with Crippen molar-refractivity contribution in [2.45, 2.75) is 6.92 Å². The van der Waals surface area contributed by atoms with Crippen LogP contribution in [0.1, 0.15) is 6.92 Å². The van der Waals surface area contributed by atoms with Gasteiger partial charge in [0.05, 0.1) is 5.75 Å². The summed E-state index contributed by atoms with van der Waals surface area (Å²) >= 11 is -1.18. The second-order valence-electron chi connectivity index (χ2n) is 1.99. The molecule has 0 saturated heterocycles. The van der Waals surface area contributed by atoms with E-state index in [0.717, 1.165) is 0 Å². The highest BCUT2D eigenvalue weighted by Crippen LogP contribution is 2.09. The highest BCUT2D eigenvalue weighted by molar-refractivity contribution is 7.80. The summed E-state index contributed by atoms with van der Waals surface area (Å²) in [7, 11) is 0. The third-order valence-corrected chi connectivity index (χ3v) is 2.02. The quantitative estimate of drug-likeness (QED) is 0.690. The van der Waals surface area contributed by atoms with Gasteiger partial charge in [-0.05, 0) is 12.1 Å². The summed E-state index contributed by atoms with van der Waals surface area (Å²) in [5.41, 5.74) is 0. The Hall–Kier alpha value is -0.830. The third-order valence-electron chi connectivity index (χ3n) is 1.17. The average Bonchev–Trinajstić information content (AvgIpc) is 2.06. The predicted octanol–water partition coefficient (Wildman–Crippen LogP) is 1.75. The third kappa shape index (κ3) is 2.72. The van der Waals surface area contributed by atoms with Gasteiger partial charge in [0, 0.05) is 0 Å². The fourth-order valence-corrected chi connectivity index (χ4v) is 1.09. The van der Waals surface area contributed by atoms with Gasteiger partial charge in [0.15, 0.2) is 0 Å². The van der Waals surface area contributed by atoms with Crippen molar-refractivity contribution in [3.05, 3.63) is 30.3 Å². The van der Waals surface area contributed by atoms with Gasteiger partial charge in [-0.3, -0.25) is 0 Å². The Balaban J connectivity index is 2.58. The van der Waals surface area contributed by atoms with Crippen molar-refractivity contribution >= 4 is 11.1 Å². The molecule has 0 aliphatic rings. The number of hydrogen-bond donors (Lipinski definition) is 0. The minimum absolute atomic E-state index is 0.523. The molecule has 1 unspecified atom stereocenters. The van der Waals surface area contributed by atoms with Crippen LogP contribution in [0.5, 0.6) is 5.75 Å². The smallest absolute Gasteiger partial charge is 0.206 e. The van der Waals surface area contributed by atoms with Crippen LogP contribution in [0.3, 0.4) is 0 Å². The second-order valence-corrected chi connectivity index (χ2v) is 3.34. The Kier molecular flexibility index (Phi) is 3.11. The molecule has 0 aliphatic heterocycles. The zero-order chi connectivity index (χ0) is 8.10. The van der Waals surface area contributed by atoms with Crippen LogP contribution in [-0.4, -0.2) is 9.96 Å². The van der Waals surface area contributed by atoms with E-state index in [9.17, 15) is 4.21 Å². The van der Waals surface area contributed by atoms with Crippen molar-refractivity contribution in [3.8, 4) is 5.75 Å². The lowest BCUT2D eigenvalue weighted by Gasteiger charge is -2.00. The Morgan fingerprint density at radius 1 is 1.36 bits per heavy atom. The van der Waals surface area contributed by atoms with Gasteiger partial charge in [0.25, 0.3) is 0 Å². The lowest BCUT2D eigenvalue weighted by molar-refractivity contribution is 0.563. The molecule has 2 nitrogen and oxygen atoms in total. The summed E-state index contributed by atoms with van der Waals surface area (Å²) < 4.78 is 15.9. The molecule has 0 radical (unpaired) electrons. The summed E-state index contributed by atoms with van der Waals surface area (Å²) in [6.07, 6.45) is 0. The molecule has 0 heterocycles. The maximum atomic E-state index is 10.9. The summed E-state index contributed by atoms with van der Waals surface area (Å²) in [5, 5.41) is 0. The van der Waals surface area contributed by atoms with Gasteiger partial charge >= 0.3 is 0 Å². The van der Waals surface area contributed by atoms with E-state index in [-0.39, 0.29) is 0 Å². The van der Waals surface area contributed by atoms with Gasteiger partial charge in [-0.15, -0.1) is 0 Å². The highest BCUT2D eigenvalue weighted by Gasteiger charge is 1.96. The molecule has 1 rings (SSSR count). The number of para-hydroxylation sites is 1. The fourth-order valence-electron chi connectivity index (χ4n) is 0.642. The van der Waals surface area contributed by atoms with Gasteiger partial charge in [0.2, 0.25) is 11.1 Å². The molecule has 0 N–H and O–H groups in total. The molecule has 11 heavy (non-hydrogen) atoms. The van der Waals surface area contributed by atoms with Gasteiger partial charge in [-0.2, -0.15) is 0 Å². The summed E-state index contributed by atoms with van der Waals surface area (Å²) in [5.74, 6) is 1.18.